The van der Waals surface area contributed by atoms with Gasteiger partial charge in [0.05, 0.1) is 24.7 Å². The Bertz CT molecular complexity index is 1140. The number of hydrogen-bond acceptors (Lipinski definition) is 6. The van der Waals surface area contributed by atoms with Crippen LogP contribution in [0.2, 0.25) is 0 Å². The van der Waals surface area contributed by atoms with Crippen molar-refractivity contribution in [2.75, 3.05) is 13.7 Å². The second-order valence-electron chi connectivity index (χ2n) is 5.89. The molecule has 0 saturated carbocycles. The molecule has 0 aliphatic carbocycles. The van der Waals surface area contributed by atoms with Crippen LogP contribution in [0.3, 0.4) is 0 Å². The predicted octanol–water partition coefficient (Wildman–Crippen LogP) is 4.07. The number of aryl methyl sites for hydroxylation is 2. The van der Waals surface area contributed by atoms with Crippen LogP contribution < -0.4 is 15.0 Å². The van der Waals surface area contributed by atoms with Crippen LogP contribution in [0.1, 0.15) is 28.8 Å². The summed E-state index contributed by atoms with van der Waals surface area (Å²) < 4.78 is 10.9. The maximum atomic E-state index is 12.5. The topological polar surface area (TPSA) is 88.0 Å². The molecule has 0 atom stereocenters. The standard InChI is InChI=1S/C20H19N3O3S/c1-5-26-15-7-6-13(9-16(15)25-4)8-14(10-21)18-22-19(24)17-11(2)12(3)27-20(17)23-18/h6-9H,5H2,1-4H3,(H,22,23,24). The van der Waals surface area contributed by atoms with Crippen molar-refractivity contribution < 1.29 is 9.47 Å². The molecular formula is C20H19N3O3S. The van der Waals surface area contributed by atoms with E-state index in [-0.39, 0.29) is 17.0 Å². The van der Waals surface area contributed by atoms with E-state index in [0.29, 0.717) is 28.3 Å². The summed E-state index contributed by atoms with van der Waals surface area (Å²) in [6.45, 7) is 6.28. The van der Waals surface area contributed by atoms with Crippen molar-refractivity contribution in [3.63, 3.8) is 0 Å². The third kappa shape index (κ3) is 3.57. The van der Waals surface area contributed by atoms with Crippen LogP contribution in [0.25, 0.3) is 21.9 Å². The van der Waals surface area contributed by atoms with E-state index in [1.165, 1.54) is 11.3 Å². The average Bonchev–Trinajstić information content (AvgIpc) is 2.95. The number of allylic oxidation sites excluding steroid dienone is 1. The third-order valence-corrected chi connectivity index (χ3v) is 5.31. The van der Waals surface area contributed by atoms with Gasteiger partial charge in [0.2, 0.25) is 0 Å². The summed E-state index contributed by atoms with van der Waals surface area (Å²) >= 11 is 1.45. The lowest BCUT2D eigenvalue weighted by Crippen LogP contribution is -2.10. The quantitative estimate of drug-likeness (QED) is 0.673. The molecule has 1 aromatic carbocycles. The SMILES string of the molecule is CCOc1ccc(C=C(C#N)c2nc3sc(C)c(C)c3c(=O)[nH]2)cc1OC. The van der Waals surface area contributed by atoms with E-state index in [1.54, 1.807) is 25.3 Å². The highest BCUT2D eigenvalue weighted by molar-refractivity contribution is 7.18. The molecule has 0 fully saturated rings. The zero-order valence-electron chi connectivity index (χ0n) is 15.5. The number of thiophene rings is 1. The number of nitrogens with zero attached hydrogens (tertiary/aromatic N) is 2. The van der Waals surface area contributed by atoms with Gasteiger partial charge in [-0.3, -0.25) is 4.79 Å². The first-order valence-electron chi connectivity index (χ1n) is 8.41. The van der Waals surface area contributed by atoms with Crippen molar-refractivity contribution >= 4 is 33.2 Å². The fourth-order valence-electron chi connectivity index (χ4n) is 2.75. The number of benzene rings is 1. The molecule has 6 nitrogen and oxygen atoms in total. The summed E-state index contributed by atoms with van der Waals surface area (Å²) in [5.41, 5.74) is 1.70. The fraction of sp³-hybridized carbons (Fsp3) is 0.250. The molecule has 0 radical (unpaired) electrons. The zero-order valence-corrected chi connectivity index (χ0v) is 16.4. The van der Waals surface area contributed by atoms with Crippen LogP contribution in [0.4, 0.5) is 0 Å². The van der Waals surface area contributed by atoms with Crippen molar-refractivity contribution in [1.29, 1.82) is 5.26 Å². The van der Waals surface area contributed by atoms with Crippen molar-refractivity contribution in [3.05, 3.63) is 50.4 Å². The number of aromatic nitrogens is 2. The van der Waals surface area contributed by atoms with Crippen LogP contribution in [0.15, 0.2) is 23.0 Å². The molecule has 2 heterocycles. The van der Waals surface area contributed by atoms with Crippen molar-refractivity contribution in [2.24, 2.45) is 0 Å². The molecule has 0 saturated heterocycles. The Hall–Kier alpha value is -3.11. The third-order valence-electron chi connectivity index (χ3n) is 4.21. The molecule has 3 aromatic rings. The van der Waals surface area contributed by atoms with Gasteiger partial charge in [-0.15, -0.1) is 11.3 Å². The molecular weight excluding hydrogens is 362 g/mol. The lowest BCUT2D eigenvalue weighted by Gasteiger charge is -2.09. The van der Waals surface area contributed by atoms with Crippen LogP contribution in [0, 0.1) is 25.2 Å². The maximum Gasteiger partial charge on any atom is 0.260 e. The van der Waals surface area contributed by atoms with Crippen LogP contribution >= 0.6 is 11.3 Å². The Morgan fingerprint density at radius 2 is 2.15 bits per heavy atom. The van der Waals surface area contributed by atoms with Crippen LogP contribution in [-0.2, 0) is 0 Å². The first-order chi connectivity index (χ1) is 13.0. The molecule has 0 aliphatic heterocycles. The number of H-pyrrole nitrogens is 1. The number of nitriles is 1. The summed E-state index contributed by atoms with van der Waals surface area (Å²) in [5, 5.41) is 10.2. The first-order valence-corrected chi connectivity index (χ1v) is 9.23. The summed E-state index contributed by atoms with van der Waals surface area (Å²) in [5.74, 6) is 1.46. The lowest BCUT2D eigenvalue weighted by molar-refractivity contribution is 0.311. The predicted molar refractivity (Wildman–Crippen MR) is 107 cm³/mol. The van der Waals surface area contributed by atoms with Crippen LogP contribution in [-0.4, -0.2) is 23.7 Å². The van der Waals surface area contributed by atoms with Gasteiger partial charge in [-0.1, -0.05) is 6.07 Å². The summed E-state index contributed by atoms with van der Waals surface area (Å²) in [7, 11) is 1.56. The summed E-state index contributed by atoms with van der Waals surface area (Å²) in [6.07, 6.45) is 1.66. The Labute approximate surface area is 160 Å². The van der Waals surface area contributed by atoms with E-state index >= 15 is 0 Å². The van der Waals surface area contributed by atoms with Gasteiger partial charge in [0.15, 0.2) is 17.3 Å². The highest BCUT2D eigenvalue weighted by Crippen LogP contribution is 2.30. The molecule has 138 valence electrons. The normalized spacial score (nSPS) is 11.4. The Balaban J connectivity index is 2.09. The van der Waals surface area contributed by atoms with Gasteiger partial charge in [0.1, 0.15) is 10.9 Å². The monoisotopic (exact) mass is 381 g/mol. The largest absolute Gasteiger partial charge is 0.493 e. The van der Waals surface area contributed by atoms with E-state index in [9.17, 15) is 10.1 Å². The Kier molecular flexibility index (Phi) is 5.28. The number of fused-ring (bicyclic) bond motifs is 1. The molecule has 3 rings (SSSR count). The second-order valence-corrected chi connectivity index (χ2v) is 7.09. The van der Waals surface area contributed by atoms with Gasteiger partial charge >= 0.3 is 0 Å². The van der Waals surface area contributed by atoms with Gasteiger partial charge in [0.25, 0.3) is 5.56 Å². The van der Waals surface area contributed by atoms with E-state index < -0.39 is 0 Å². The van der Waals surface area contributed by atoms with E-state index in [1.807, 2.05) is 26.8 Å². The zero-order chi connectivity index (χ0) is 19.6. The van der Waals surface area contributed by atoms with Gasteiger partial charge in [0, 0.05) is 4.88 Å². The number of rotatable bonds is 5. The van der Waals surface area contributed by atoms with Crippen molar-refractivity contribution in [2.45, 2.75) is 20.8 Å². The van der Waals surface area contributed by atoms with Gasteiger partial charge < -0.3 is 14.5 Å². The van der Waals surface area contributed by atoms with Crippen LogP contribution in [0.5, 0.6) is 11.5 Å². The highest BCUT2D eigenvalue weighted by atomic mass is 32.1. The number of methoxy groups -OCH3 is 1. The van der Waals surface area contributed by atoms with E-state index in [2.05, 4.69) is 16.0 Å². The molecule has 0 aliphatic rings. The van der Waals surface area contributed by atoms with Gasteiger partial charge in [-0.2, -0.15) is 5.26 Å². The van der Waals surface area contributed by atoms with Gasteiger partial charge in [-0.25, -0.2) is 4.98 Å². The van der Waals surface area contributed by atoms with E-state index in [4.69, 9.17) is 9.47 Å². The minimum atomic E-state index is -0.234. The average molecular weight is 381 g/mol. The summed E-state index contributed by atoms with van der Waals surface area (Å²) in [4.78, 5) is 21.4. The molecule has 1 N–H and O–H groups in total. The number of aromatic amines is 1. The summed E-state index contributed by atoms with van der Waals surface area (Å²) in [6, 6.07) is 7.50. The van der Waals surface area contributed by atoms with Gasteiger partial charge in [-0.05, 0) is 50.1 Å². The maximum absolute atomic E-state index is 12.5. The molecule has 27 heavy (non-hydrogen) atoms. The number of nitrogens with one attached hydrogen (secondary N) is 1. The fourth-order valence-corrected chi connectivity index (χ4v) is 3.78. The highest BCUT2D eigenvalue weighted by Gasteiger charge is 2.14. The molecule has 7 heteroatoms. The van der Waals surface area contributed by atoms with Crippen molar-refractivity contribution in [1.82, 2.24) is 9.97 Å². The molecule has 0 unspecified atom stereocenters. The molecule has 2 aromatic heterocycles. The van der Waals surface area contributed by atoms with E-state index in [0.717, 1.165) is 16.0 Å². The first kappa shape index (κ1) is 18.7. The molecule has 0 bridgehead atoms. The van der Waals surface area contributed by atoms with Crippen molar-refractivity contribution in [3.8, 4) is 17.6 Å². The molecule has 0 spiro atoms. The minimum absolute atomic E-state index is 0.234. The number of hydrogen-bond donors (Lipinski definition) is 1. The smallest absolute Gasteiger partial charge is 0.260 e. The Morgan fingerprint density at radius 1 is 1.37 bits per heavy atom. The Morgan fingerprint density at radius 3 is 2.81 bits per heavy atom. The minimum Gasteiger partial charge on any atom is -0.493 e. The lowest BCUT2D eigenvalue weighted by atomic mass is 10.1. The molecule has 0 amide bonds. The number of ether oxygens (including phenoxy) is 2. The second kappa shape index (κ2) is 7.64.